The number of nitrogens with one attached hydrogen (secondary N) is 1. The SMILES string of the molecule is CN(N)/N=C(\N)c1cc(S)ccc1Nc1ccc(Oc2ccccc2)cc1. The standard InChI is InChI=1S/C20H21N5OS/c1-25(22)24-20(21)18-13-17(27)11-12-19(18)23-14-7-9-16(10-8-14)26-15-5-3-2-4-6-15/h2-13,23,27H,22H2,1H3,(H2,21,24). The highest BCUT2D eigenvalue weighted by Gasteiger charge is 2.09. The molecule has 0 bridgehead atoms. The molecular weight excluding hydrogens is 358 g/mol. The first-order valence-electron chi connectivity index (χ1n) is 8.27. The Kier molecular flexibility index (Phi) is 5.85. The van der Waals surface area contributed by atoms with Gasteiger partial charge in [-0.3, -0.25) is 0 Å². The van der Waals surface area contributed by atoms with Crippen LogP contribution < -0.4 is 21.6 Å². The van der Waals surface area contributed by atoms with E-state index in [1.807, 2.05) is 72.8 Å². The Labute approximate surface area is 163 Å². The van der Waals surface area contributed by atoms with E-state index in [1.54, 1.807) is 7.05 Å². The number of thiol groups is 1. The number of amidine groups is 1. The van der Waals surface area contributed by atoms with Gasteiger partial charge < -0.3 is 15.8 Å². The fourth-order valence-corrected chi connectivity index (χ4v) is 2.67. The Morgan fingerprint density at radius 1 is 1.00 bits per heavy atom. The summed E-state index contributed by atoms with van der Waals surface area (Å²) < 4.78 is 5.81. The van der Waals surface area contributed by atoms with E-state index in [-0.39, 0.29) is 0 Å². The average Bonchev–Trinajstić information content (AvgIpc) is 2.65. The molecule has 0 saturated heterocycles. The van der Waals surface area contributed by atoms with Crippen LogP contribution in [0.15, 0.2) is 82.8 Å². The van der Waals surface area contributed by atoms with Crippen molar-refractivity contribution in [3.8, 4) is 11.5 Å². The first-order chi connectivity index (χ1) is 13.0. The molecule has 6 nitrogen and oxygen atoms in total. The van der Waals surface area contributed by atoms with Crippen molar-refractivity contribution >= 4 is 29.8 Å². The molecule has 0 aliphatic heterocycles. The van der Waals surface area contributed by atoms with Crippen LogP contribution in [0.4, 0.5) is 11.4 Å². The Bertz CT molecular complexity index is 927. The fourth-order valence-electron chi connectivity index (χ4n) is 2.46. The van der Waals surface area contributed by atoms with E-state index in [0.29, 0.717) is 11.4 Å². The molecule has 0 heterocycles. The topological polar surface area (TPSA) is 88.9 Å². The van der Waals surface area contributed by atoms with E-state index in [2.05, 4.69) is 23.0 Å². The van der Waals surface area contributed by atoms with Crippen LogP contribution in [-0.4, -0.2) is 18.0 Å². The van der Waals surface area contributed by atoms with Gasteiger partial charge in [-0.2, -0.15) is 0 Å². The quantitative estimate of drug-likeness (QED) is 0.171. The van der Waals surface area contributed by atoms with E-state index < -0.39 is 0 Å². The summed E-state index contributed by atoms with van der Waals surface area (Å²) in [6.07, 6.45) is 0. The highest BCUT2D eigenvalue weighted by atomic mass is 32.1. The number of para-hydroxylation sites is 1. The predicted molar refractivity (Wildman–Crippen MR) is 113 cm³/mol. The van der Waals surface area contributed by atoms with Gasteiger partial charge in [0.15, 0.2) is 5.84 Å². The lowest BCUT2D eigenvalue weighted by Crippen LogP contribution is -2.26. The van der Waals surface area contributed by atoms with Gasteiger partial charge in [-0.15, -0.1) is 17.7 Å². The summed E-state index contributed by atoms with van der Waals surface area (Å²) in [5.74, 6) is 7.40. The van der Waals surface area contributed by atoms with Gasteiger partial charge in [0.05, 0.1) is 0 Å². The Hall–Kier alpha value is -3.16. The summed E-state index contributed by atoms with van der Waals surface area (Å²) in [6, 6.07) is 22.9. The van der Waals surface area contributed by atoms with Crippen molar-refractivity contribution in [2.24, 2.45) is 16.7 Å². The van der Waals surface area contributed by atoms with Gasteiger partial charge in [0.2, 0.25) is 0 Å². The van der Waals surface area contributed by atoms with Crippen molar-refractivity contribution in [3.63, 3.8) is 0 Å². The van der Waals surface area contributed by atoms with Crippen LogP contribution in [0.2, 0.25) is 0 Å². The maximum absolute atomic E-state index is 6.06. The molecular formula is C20H21N5OS. The number of hydrazone groups is 1. The summed E-state index contributed by atoms with van der Waals surface area (Å²) in [4.78, 5) is 0.778. The summed E-state index contributed by atoms with van der Waals surface area (Å²) in [6.45, 7) is 0. The van der Waals surface area contributed by atoms with Crippen LogP contribution >= 0.6 is 12.6 Å². The van der Waals surface area contributed by atoms with Gasteiger partial charge in [-0.25, -0.2) is 11.0 Å². The van der Waals surface area contributed by atoms with Crippen LogP contribution in [0.25, 0.3) is 0 Å². The monoisotopic (exact) mass is 379 g/mol. The van der Waals surface area contributed by atoms with E-state index in [9.17, 15) is 0 Å². The fraction of sp³-hybridized carbons (Fsp3) is 0.0500. The lowest BCUT2D eigenvalue weighted by Gasteiger charge is -2.14. The van der Waals surface area contributed by atoms with Gasteiger partial charge in [0, 0.05) is 28.9 Å². The molecule has 0 amide bonds. The number of benzene rings is 3. The van der Waals surface area contributed by atoms with E-state index in [0.717, 1.165) is 27.8 Å². The molecule has 0 aliphatic rings. The second-order valence-corrected chi connectivity index (χ2v) is 6.37. The maximum atomic E-state index is 6.06. The third-order valence-electron chi connectivity index (χ3n) is 3.66. The molecule has 0 atom stereocenters. The number of nitrogens with two attached hydrogens (primary N) is 2. The minimum atomic E-state index is 0.294. The Morgan fingerprint density at radius 2 is 1.67 bits per heavy atom. The Balaban J connectivity index is 1.79. The summed E-state index contributed by atoms with van der Waals surface area (Å²) >= 11 is 4.37. The number of nitrogens with zero attached hydrogens (tertiary/aromatic N) is 2. The van der Waals surface area contributed by atoms with Crippen molar-refractivity contribution in [3.05, 3.63) is 78.4 Å². The number of rotatable bonds is 6. The zero-order valence-corrected chi connectivity index (χ0v) is 15.7. The van der Waals surface area contributed by atoms with Crippen LogP contribution in [0.3, 0.4) is 0 Å². The molecule has 5 N–H and O–H groups in total. The van der Waals surface area contributed by atoms with Crippen molar-refractivity contribution < 1.29 is 4.74 Å². The minimum absolute atomic E-state index is 0.294. The molecule has 7 heteroatoms. The normalized spacial score (nSPS) is 11.1. The third-order valence-corrected chi connectivity index (χ3v) is 3.93. The molecule has 3 aromatic carbocycles. The molecule has 27 heavy (non-hydrogen) atoms. The molecule has 0 radical (unpaired) electrons. The minimum Gasteiger partial charge on any atom is -0.457 e. The van der Waals surface area contributed by atoms with Crippen LogP contribution in [0.1, 0.15) is 5.56 Å². The molecule has 0 aromatic heterocycles. The zero-order valence-electron chi connectivity index (χ0n) is 14.8. The van der Waals surface area contributed by atoms with Crippen molar-refractivity contribution in [1.82, 2.24) is 5.12 Å². The molecule has 3 rings (SSSR count). The molecule has 0 fully saturated rings. The maximum Gasteiger partial charge on any atom is 0.154 e. The van der Waals surface area contributed by atoms with E-state index in [4.69, 9.17) is 16.3 Å². The van der Waals surface area contributed by atoms with Crippen LogP contribution in [-0.2, 0) is 0 Å². The van der Waals surface area contributed by atoms with E-state index >= 15 is 0 Å². The predicted octanol–water partition coefficient (Wildman–Crippen LogP) is 3.94. The third kappa shape index (κ3) is 5.16. The van der Waals surface area contributed by atoms with Gasteiger partial charge in [0.1, 0.15) is 11.5 Å². The average molecular weight is 379 g/mol. The van der Waals surface area contributed by atoms with Crippen molar-refractivity contribution in [2.45, 2.75) is 4.90 Å². The molecule has 138 valence electrons. The second-order valence-electron chi connectivity index (χ2n) is 5.85. The highest BCUT2D eigenvalue weighted by molar-refractivity contribution is 7.80. The molecule has 0 aliphatic carbocycles. The molecule has 0 spiro atoms. The Morgan fingerprint density at radius 3 is 2.33 bits per heavy atom. The lowest BCUT2D eigenvalue weighted by molar-refractivity contribution is 0.371. The summed E-state index contributed by atoms with van der Waals surface area (Å²) in [5, 5.41) is 8.57. The number of hydrazine groups is 1. The van der Waals surface area contributed by atoms with Gasteiger partial charge in [-0.05, 0) is 54.6 Å². The number of hydrogen-bond acceptors (Lipinski definition) is 6. The van der Waals surface area contributed by atoms with E-state index in [1.165, 1.54) is 5.12 Å². The summed E-state index contributed by atoms with van der Waals surface area (Å²) in [5.41, 5.74) is 8.46. The summed E-state index contributed by atoms with van der Waals surface area (Å²) in [7, 11) is 1.61. The van der Waals surface area contributed by atoms with Gasteiger partial charge >= 0.3 is 0 Å². The molecule has 3 aromatic rings. The first-order valence-corrected chi connectivity index (χ1v) is 8.72. The number of hydrogen-bond donors (Lipinski definition) is 4. The van der Waals surface area contributed by atoms with Gasteiger partial charge in [-0.1, -0.05) is 18.2 Å². The smallest absolute Gasteiger partial charge is 0.154 e. The van der Waals surface area contributed by atoms with Crippen LogP contribution in [0.5, 0.6) is 11.5 Å². The van der Waals surface area contributed by atoms with Gasteiger partial charge in [0.25, 0.3) is 0 Å². The van der Waals surface area contributed by atoms with Crippen molar-refractivity contribution in [2.75, 3.05) is 12.4 Å². The number of anilines is 2. The zero-order chi connectivity index (χ0) is 19.2. The number of ether oxygens (including phenoxy) is 1. The molecule has 0 saturated carbocycles. The van der Waals surface area contributed by atoms with Crippen LogP contribution in [0, 0.1) is 0 Å². The second kappa shape index (κ2) is 8.48. The lowest BCUT2D eigenvalue weighted by atomic mass is 10.1. The highest BCUT2D eigenvalue weighted by Crippen LogP contribution is 2.27. The van der Waals surface area contributed by atoms with Crippen molar-refractivity contribution in [1.29, 1.82) is 0 Å². The largest absolute Gasteiger partial charge is 0.457 e. The molecule has 0 unspecified atom stereocenters. The first kappa shape index (κ1) is 18.6.